The number of fused-ring (bicyclic) bond motifs is 1. The molecule has 152 valence electrons. The summed E-state index contributed by atoms with van der Waals surface area (Å²) < 4.78 is 39.2. The molecule has 0 amide bonds. The molecule has 0 N–H and O–H groups in total. The van der Waals surface area contributed by atoms with Crippen LogP contribution in [0.2, 0.25) is 5.02 Å². The SMILES string of the molecule is COc1c(F)cc(Oc2c(Cl)cnn(Cc3cccc4ccccc34)c2=O)cc1F. The average molecular weight is 429 g/mol. The van der Waals surface area contributed by atoms with Gasteiger partial charge in [-0.15, -0.1) is 0 Å². The molecule has 4 aromatic rings. The molecule has 4 rings (SSSR count). The first kappa shape index (κ1) is 19.8. The smallest absolute Gasteiger partial charge is 0.311 e. The monoisotopic (exact) mass is 428 g/mol. The maximum absolute atomic E-state index is 14.0. The second kappa shape index (κ2) is 8.12. The Kier molecular flexibility index (Phi) is 5.37. The molecule has 0 saturated heterocycles. The Morgan fingerprint density at radius 3 is 2.47 bits per heavy atom. The molecule has 1 heterocycles. The van der Waals surface area contributed by atoms with Crippen molar-refractivity contribution in [2.75, 3.05) is 7.11 Å². The predicted molar refractivity (Wildman–Crippen MR) is 110 cm³/mol. The van der Waals surface area contributed by atoms with Gasteiger partial charge in [0.1, 0.15) is 10.8 Å². The van der Waals surface area contributed by atoms with Crippen LogP contribution in [0.5, 0.6) is 17.2 Å². The van der Waals surface area contributed by atoms with Crippen molar-refractivity contribution in [2.24, 2.45) is 0 Å². The molecule has 0 radical (unpaired) electrons. The van der Waals surface area contributed by atoms with Gasteiger partial charge in [0, 0.05) is 12.1 Å². The summed E-state index contributed by atoms with van der Waals surface area (Å²) in [7, 11) is 1.15. The highest BCUT2D eigenvalue weighted by atomic mass is 35.5. The van der Waals surface area contributed by atoms with Crippen LogP contribution in [0.25, 0.3) is 10.8 Å². The molecule has 0 atom stereocenters. The molecule has 0 spiro atoms. The third-order valence-electron chi connectivity index (χ3n) is 4.55. The van der Waals surface area contributed by atoms with Gasteiger partial charge in [-0.25, -0.2) is 13.5 Å². The number of halogens is 3. The van der Waals surface area contributed by atoms with Gasteiger partial charge in [0.2, 0.25) is 5.75 Å². The molecule has 0 bridgehead atoms. The summed E-state index contributed by atoms with van der Waals surface area (Å²) in [4.78, 5) is 12.9. The average Bonchev–Trinajstić information content (AvgIpc) is 2.73. The third-order valence-corrected chi connectivity index (χ3v) is 4.82. The largest absolute Gasteiger partial charge is 0.491 e. The van der Waals surface area contributed by atoms with Crippen molar-refractivity contribution in [3.05, 3.63) is 93.4 Å². The Morgan fingerprint density at radius 2 is 1.73 bits per heavy atom. The number of hydrogen-bond donors (Lipinski definition) is 0. The minimum absolute atomic E-state index is 0.0780. The van der Waals surface area contributed by atoms with Gasteiger partial charge < -0.3 is 9.47 Å². The minimum Gasteiger partial charge on any atom is -0.491 e. The highest BCUT2D eigenvalue weighted by Crippen LogP contribution is 2.31. The summed E-state index contributed by atoms with van der Waals surface area (Å²) in [6.45, 7) is 0.166. The zero-order chi connectivity index (χ0) is 21.3. The van der Waals surface area contributed by atoms with E-state index in [1.165, 1.54) is 10.9 Å². The number of nitrogens with zero attached hydrogens (tertiary/aromatic N) is 2. The van der Waals surface area contributed by atoms with E-state index < -0.39 is 22.9 Å². The summed E-state index contributed by atoms with van der Waals surface area (Å²) >= 11 is 6.07. The first-order valence-electron chi connectivity index (χ1n) is 8.91. The van der Waals surface area contributed by atoms with Gasteiger partial charge in [-0.1, -0.05) is 54.1 Å². The lowest BCUT2D eigenvalue weighted by atomic mass is 10.0. The second-order valence-electron chi connectivity index (χ2n) is 6.44. The first-order chi connectivity index (χ1) is 14.5. The van der Waals surface area contributed by atoms with Crippen LogP contribution in [0, 0.1) is 11.6 Å². The van der Waals surface area contributed by atoms with E-state index in [0.717, 1.165) is 35.6 Å². The van der Waals surface area contributed by atoms with Gasteiger partial charge in [-0.2, -0.15) is 5.10 Å². The van der Waals surface area contributed by atoms with E-state index in [0.29, 0.717) is 0 Å². The Bertz CT molecular complexity index is 1280. The number of rotatable bonds is 5. The van der Waals surface area contributed by atoms with Crippen molar-refractivity contribution >= 4 is 22.4 Å². The van der Waals surface area contributed by atoms with Gasteiger partial charge in [-0.05, 0) is 16.3 Å². The topological polar surface area (TPSA) is 53.4 Å². The van der Waals surface area contributed by atoms with Crippen molar-refractivity contribution < 1.29 is 18.3 Å². The van der Waals surface area contributed by atoms with Crippen LogP contribution in [0.3, 0.4) is 0 Å². The highest BCUT2D eigenvalue weighted by molar-refractivity contribution is 6.31. The Hall–Kier alpha value is -3.45. The Balaban J connectivity index is 1.72. The fourth-order valence-electron chi connectivity index (χ4n) is 3.16. The van der Waals surface area contributed by atoms with Gasteiger partial charge >= 0.3 is 5.56 Å². The Labute approximate surface area is 175 Å². The number of ether oxygens (including phenoxy) is 2. The van der Waals surface area contributed by atoms with E-state index in [1.807, 2.05) is 42.5 Å². The zero-order valence-corrected chi connectivity index (χ0v) is 16.5. The van der Waals surface area contributed by atoms with Crippen molar-refractivity contribution in [3.8, 4) is 17.2 Å². The van der Waals surface area contributed by atoms with Crippen LogP contribution >= 0.6 is 11.6 Å². The first-order valence-corrected chi connectivity index (χ1v) is 9.29. The van der Waals surface area contributed by atoms with Crippen molar-refractivity contribution in [2.45, 2.75) is 6.54 Å². The quantitative estimate of drug-likeness (QED) is 0.439. The summed E-state index contributed by atoms with van der Waals surface area (Å²) in [6.07, 6.45) is 1.25. The van der Waals surface area contributed by atoms with E-state index in [4.69, 9.17) is 16.3 Å². The van der Waals surface area contributed by atoms with Crippen LogP contribution in [-0.4, -0.2) is 16.9 Å². The number of aromatic nitrogens is 2. The molecule has 1 aromatic heterocycles. The number of hydrogen-bond acceptors (Lipinski definition) is 4. The molecule has 5 nitrogen and oxygen atoms in total. The fourth-order valence-corrected chi connectivity index (χ4v) is 3.32. The van der Waals surface area contributed by atoms with E-state index in [9.17, 15) is 13.6 Å². The lowest BCUT2D eigenvalue weighted by molar-refractivity contribution is 0.355. The lowest BCUT2D eigenvalue weighted by Gasteiger charge is -2.12. The normalized spacial score (nSPS) is 10.9. The summed E-state index contributed by atoms with van der Waals surface area (Å²) in [5.41, 5.74) is 0.240. The van der Waals surface area contributed by atoms with Crippen LogP contribution in [0.1, 0.15) is 5.56 Å². The van der Waals surface area contributed by atoms with Gasteiger partial charge in [-0.3, -0.25) is 4.79 Å². The van der Waals surface area contributed by atoms with Crippen LogP contribution in [-0.2, 0) is 6.54 Å². The van der Waals surface area contributed by atoms with E-state index in [2.05, 4.69) is 9.84 Å². The molecule has 0 aliphatic heterocycles. The Morgan fingerprint density at radius 1 is 1.03 bits per heavy atom. The van der Waals surface area contributed by atoms with Crippen LogP contribution in [0.15, 0.2) is 65.6 Å². The van der Waals surface area contributed by atoms with Crippen molar-refractivity contribution in [1.82, 2.24) is 9.78 Å². The lowest BCUT2D eigenvalue weighted by Crippen LogP contribution is -2.24. The maximum Gasteiger partial charge on any atom is 0.311 e. The minimum atomic E-state index is -0.964. The maximum atomic E-state index is 14.0. The summed E-state index contributed by atoms with van der Waals surface area (Å²) in [5, 5.41) is 5.99. The fraction of sp³-hybridized carbons (Fsp3) is 0.0909. The number of methoxy groups -OCH3 is 1. The molecular weight excluding hydrogens is 414 g/mol. The van der Waals surface area contributed by atoms with E-state index in [1.54, 1.807) is 0 Å². The molecule has 8 heteroatoms. The molecule has 30 heavy (non-hydrogen) atoms. The predicted octanol–water partition coefficient (Wildman–Crippen LogP) is 5.18. The van der Waals surface area contributed by atoms with Gasteiger partial charge in [0.15, 0.2) is 17.4 Å². The highest BCUT2D eigenvalue weighted by Gasteiger charge is 2.17. The molecule has 3 aromatic carbocycles. The molecule has 0 aliphatic rings. The molecule has 0 saturated carbocycles. The van der Waals surface area contributed by atoms with E-state index >= 15 is 0 Å². The van der Waals surface area contributed by atoms with Gasteiger partial charge in [0.05, 0.1) is 19.9 Å². The third kappa shape index (κ3) is 3.71. The van der Waals surface area contributed by atoms with Gasteiger partial charge in [0.25, 0.3) is 0 Å². The summed E-state index contributed by atoms with van der Waals surface area (Å²) in [5.74, 6) is -2.98. The number of benzene rings is 3. The standard InChI is InChI=1S/C22H15ClF2N2O3/c1-29-21-18(24)9-15(10-19(21)25)30-20-17(23)11-26-27(22(20)28)12-14-7-4-6-13-5-2-3-8-16(13)14/h2-11H,12H2,1H3. The molecular formula is C22H15ClF2N2O3. The summed E-state index contributed by atoms with van der Waals surface area (Å²) in [6, 6.07) is 15.3. The van der Waals surface area contributed by atoms with Crippen molar-refractivity contribution in [1.29, 1.82) is 0 Å². The second-order valence-corrected chi connectivity index (χ2v) is 6.85. The van der Waals surface area contributed by atoms with E-state index in [-0.39, 0.29) is 23.1 Å². The molecule has 0 unspecified atom stereocenters. The molecule has 0 fully saturated rings. The van der Waals surface area contributed by atoms with Crippen LogP contribution in [0.4, 0.5) is 8.78 Å². The van der Waals surface area contributed by atoms with Crippen LogP contribution < -0.4 is 15.0 Å². The van der Waals surface area contributed by atoms with Crippen molar-refractivity contribution in [3.63, 3.8) is 0 Å². The molecule has 0 aliphatic carbocycles. The zero-order valence-electron chi connectivity index (χ0n) is 15.7.